The third-order valence-electron chi connectivity index (χ3n) is 2.23. The number of aromatic nitrogens is 2. The zero-order valence-electron chi connectivity index (χ0n) is 8.29. The minimum atomic E-state index is -0.315. The van der Waals surface area contributed by atoms with E-state index in [0.717, 1.165) is 0 Å². The highest BCUT2D eigenvalue weighted by atomic mass is 32.1. The van der Waals surface area contributed by atoms with Crippen LogP contribution < -0.4 is 5.56 Å². The highest BCUT2D eigenvalue weighted by molar-refractivity contribution is 7.71. The molecular weight excluding hydrogens is 227 g/mol. The summed E-state index contributed by atoms with van der Waals surface area (Å²) in [4.78, 5) is 16.7. The summed E-state index contributed by atoms with van der Waals surface area (Å²) in [6, 6.07) is 6.37. The van der Waals surface area contributed by atoms with Crippen molar-refractivity contribution in [3.05, 3.63) is 62.5 Å². The summed E-state index contributed by atoms with van der Waals surface area (Å²) in [6.07, 6.45) is 1.75. The van der Waals surface area contributed by atoms with Crippen LogP contribution in [-0.4, -0.2) is 9.97 Å². The molecule has 5 heteroatoms. The second-order valence-corrected chi connectivity index (χ2v) is 3.77. The van der Waals surface area contributed by atoms with Gasteiger partial charge in [0.2, 0.25) is 0 Å². The summed E-state index contributed by atoms with van der Waals surface area (Å²) < 4.78 is 13.6. The summed E-state index contributed by atoms with van der Waals surface area (Å²) in [5.74, 6) is -0.315. The largest absolute Gasteiger partial charge is 0.338 e. The molecule has 0 saturated carbocycles. The van der Waals surface area contributed by atoms with Crippen LogP contribution in [0.3, 0.4) is 0 Å². The molecule has 0 amide bonds. The average molecular weight is 236 g/mol. The van der Waals surface area contributed by atoms with Gasteiger partial charge in [-0.05, 0) is 23.8 Å². The Bertz CT molecular complexity index is 618. The summed E-state index contributed by atoms with van der Waals surface area (Å²) in [7, 11) is 0. The van der Waals surface area contributed by atoms with Gasteiger partial charge in [0, 0.05) is 18.2 Å². The maximum atomic E-state index is 13.3. The van der Waals surface area contributed by atoms with Gasteiger partial charge >= 0.3 is 0 Å². The number of hydrogen-bond donors (Lipinski definition) is 2. The Labute approximate surface area is 96.0 Å². The maximum Gasteiger partial charge on any atom is 0.255 e. The molecule has 2 rings (SSSR count). The van der Waals surface area contributed by atoms with E-state index in [0.29, 0.717) is 11.1 Å². The van der Waals surface area contributed by atoms with Crippen molar-refractivity contribution in [3.63, 3.8) is 0 Å². The molecule has 1 aromatic carbocycles. The lowest BCUT2D eigenvalue weighted by molar-refractivity contribution is 0.613. The molecule has 0 radical (unpaired) electrons. The predicted molar refractivity (Wildman–Crippen MR) is 61.5 cm³/mol. The number of H-pyrrole nitrogens is 2. The van der Waals surface area contributed by atoms with Crippen LogP contribution in [0, 0.1) is 10.6 Å². The highest BCUT2D eigenvalue weighted by Crippen LogP contribution is 2.09. The van der Waals surface area contributed by atoms with E-state index in [9.17, 15) is 9.18 Å². The Morgan fingerprint density at radius 3 is 2.69 bits per heavy atom. The van der Waals surface area contributed by atoms with E-state index in [-0.39, 0.29) is 22.6 Å². The molecule has 0 atom stereocenters. The van der Waals surface area contributed by atoms with Crippen LogP contribution in [0.25, 0.3) is 0 Å². The summed E-state index contributed by atoms with van der Waals surface area (Å²) >= 11 is 4.76. The molecule has 1 aromatic heterocycles. The summed E-state index contributed by atoms with van der Waals surface area (Å²) in [5.41, 5.74) is 0.657. The number of aromatic amines is 2. The van der Waals surface area contributed by atoms with E-state index in [2.05, 4.69) is 9.97 Å². The van der Waals surface area contributed by atoms with Crippen LogP contribution in [0.5, 0.6) is 0 Å². The van der Waals surface area contributed by atoms with Crippen LogP contribution >= 0.6 is 12.2 Å². The van der Waals surface area contributed by atoms with Gasteiger partial charge in [0.05, 0.1) is 0 Å². The average Bonchev–Trinajstić information content (AvgIpc) is 2.25. The van der Waals surface area contributed by atoms with Crippen LogP contribution in [-0.2, 0) is 6.42 Å². The molecule has 3 nitrogen and oxygen atoms in total. The van der Waals surface area contributed by atoms with Gasteiger partial charge in [0.15, 0.2) is 4.77 Å². The second kappa shape index (κ2) is 4.40. The molecule has 0 fully saturated rings. The summed E-state index contributed by atoms with van der Waals surface area (Å²) in [6.45, 7) is 0. The quantitative estimate of drug-likeness (QED) is 0.785. The molecule has 82 valence electrons. The molecule has 0 spiro atoms. The third kappa shape index (κ3) is 2.25. The molecule has 0 aliphatic carbocycles. The molecule has 0 unspecified atom stereocenters. The topological polar surface area (TPSA) is 48.6 Å². The smallest absolute Gasteiger partial charge is 0.255 e. The fourth-order valence-electron chi connectivity index (χ4n) is 1.42. The van der Waals surface area contributed by atoms with Gasteiger partial charge < -0.3 is 4.98 Å². The van der Waals surface area contributed by atoms with Gasteiger partial charge in [-0.25, -0.2) is 4.39 Å². The van der Waals surface area contributed by atoms with Gasteiger partial charge in [-0.1, -0.05) is 18.2 Å². The number of nitrogens with one attached hydrogen (secondary N) is 2. The first kappa shape index (κ1) is 10.8. The number of rotatable bonds is 2. The first-order valence-corrected chi connectivity index (χ1v) is 5.12. The molecule has 0 saturated heterocycles. The Morgan fingerprint density at radius 2 is 2.00 bits per heavy atom. The van der Waals surface area contributed by atoms with E-state index >= 15 is 0 Å². The van der Waals surface area contributed by atoms with Crippen LogP contribution in [0.1, 0.15) is 11.1 Å². The summed E-state index contributed by atoms with van der Waals surface area (Å²) in [5, 5.41) is 0. The Morgan fingerprint density at radius 1 is 1.25 bits per heavy atom. The van der Waals surface area contributed by atoms with Gasteiger partial charge in [-0.2, -0.15) is 0 Å². The first-order valence-electron chi connectivity index (χ1n) is 4.71. The minimum Gasteiger partial charge on any atom is -0.338 e. The predicted octanol–water partition coefficient (Wildman–Crippen LogP) is 2.16. The van der Waals surface area contributed by atoms with Crippen LogP contribution in [0.15, 0.2) is 35.3 Å². The van der Waals surface area contributed by atoms with Crippen molar-refractivity contribution in [1.29, 1.82) is 0 Å². The molecule has 2 N–H and O–H groups in total. The zero-order chi connectivity index (χ0) is 11.5. The molecule has 1 heterocycles. The number of benzene rings is 1. The van der Waals surface area contributed by atoms with E-state index < -0.39 is 0 Å². The van der Waals surface area contributed by atoms with E-state index in [1.807, 2.05) is 0 Å². The molecule has 0 aliphatic heterocycles. The van der Waals surface area contributed by atoms with E-state index in [1.54, 1.807) is 18.2 Å². The van der Waals surface area contributed by atoms with Crippen molar-refractivity contribution in [1.82, 2.24) is 9.97 Å². The third-order valence-corrected chi connectivity index (χ3v) is 2.45. The van der Waals surface area contributed by atoms with Crippen LogP contribution in [0.2, 0.25) is 0 Å². The SMILES string of the molecule is O=c1[nH]c(=S)[nH]cc1Cc1ccccc1F. The normalized spacial score (nSPS) is 10.3. The fraction of sp³-hybridized carbons (Fsp3) is 0.0909. The molecule has 0 aliphatic rings. The molecule has 0 bridgehead atoms. The van der Waals surface area contributed by atoms with Crippen molar-refractivity contribution in [2.75, 3.05) is 0 Å². The van der Waals surface area contributed by atoms with Gasteiger partial charge in [0.25, 0.3) is 5.56 Å². The van der Waals surface area contributed by atoms with Crippen molar-refractivity contribution in [2.45, 2.75) is 6.42 Å². The zero-order valence-corrected chi connectivity index (χ0v) is 9.10. The molecular formula is C11H9FN2OS. The van der Waals surface area contributed by atoms with Crippen LogP contribution in [0.4, 0.5) is 4.39 Å². The maximum absolute atomic E-state index is 13.3. The second-order valence-electron chi connectivity index (χ2n) is 3.37. The van der Waals surface area contributed by atoms with Crippen molar-refractivity contribution >= 4 is 12.2 Å². The van der Waals surface area contributed by atoms with E-state index in [4.69, 9.17) is 12.2 Å². The fourth-order valence-corrected chi connectivity index (χ4v) is 1.57. The van der Waals surface area contributed by atoms with Crippen molar-refractivity contribution < 1.29 is 4.39 Å². The van der Waals surface area contributed by atoms with Gasteiger partial charge in [0.1, 0.15) is 5.82 Å². The van der Waals surface area contributed by atoms with Crippen molar-refractivity contribution in [2.24, 2.45) is 0 Å². The lowest BCUT2D eigenvalue weighted by Crippen LogP contribution is -2.14. The minimum absolute atomic E-state index is 0.244. The Balaban J connectivity index is 2.38. The van der Waals surface area contributed by atoms with Gasteiger partial charge in [-0.3, -0.25) is 9.78 Å². The van der Waals surface area contributed by atoms with Crippen molar-refractivity contribution in [3.8, 4) is 0 Å². The highest BCUT2D eigenvalue weighted by Gasteiger charge is 2.05. The first-order chi connectivity index (χ1) is 7.66. The van der Waals surface area contributed by atoms with E-state index in [1.165, 1.54) is 12.3 Å². The number of hydrogen-bond acceptors (Lipinski definition) is 2. The lowest BCUT2D eigenvalue weighted by Gasteiger charge is -2.01. The Kier molecular flexibility index (Phi) is 2.96. The standard InChI is InChI=1S/C11H9FN2OS/c12-9-4-2-1-3-7(9)5-8-6-13-11(16)14-10(8)15/h1-4,6H,5H2,(H2,13,14,15,16). The van der Waals surface area contributed by atoms with Gasteiger partial charge in [-0.15, -0.1) is 0 Å². The lowest BCUT2D eigenvalue weighted by atomic mass is 10.1. The monoisotopic (exact) mass is 236 g/mol. The molecule has 16 heavy (non-hydrogen) atoms. The Hall–Kier alpha value is -1.75. The molecule has 2 aromatic rings. The number of halogens is 1.